The van der Waals surface area contributed by atoms with Gasteiger partial charge in [0, 0.05) is 33.2 Å². The topological polar surface area (TPSA) is 97.1 Å². The Kier molecular flexibility index (Phi) is 4.08. The van der Waals surface area contributed by atoms with Crippen LogP contribution in [0.4, 0.5) is 5.82 Å². The third-order valence-electron chi connectivity index (χ3n) is 4.57. The summed E-state index contributed by atoms with van der Waals surface area (Å²) in [5.41, 5.74) is 2.32. The van der Waals surface area contributed by atoms with Crippen molar-refractivity contribution in [3.05, 3.63) is 36.2 Å². The number of anilines is 1. The maximum absolute atomic E-state index is 12.8. The molecule has 0 radical (unpaired) electrons. The van der Waals surface area contributed by atoms with E-state index in [1.165, 1.54) is 10.6 Å². The van der Waals surface area contributed by atoms with Crippen LogP contribution in [-0.2, 0) is 17.1 Å². The number of benzene rings is 1. The van der Waals surface area contributed by atoms with Crippen molar-refractivity contribution >= 4 is 27.0 Å². The quantitative estimate of drug-likeness (QED) is 0.662. The van der Waals surface area contributed by atoms with Crippen LogP contribution >= 0.6 is 0 Å². The van der Waals surface area contributed by atoms with Crippen LogP contribution in [0.15, 0.2) is 35.5 Å². The van der Waals surface area contributed by atoms with E-state index >= 15 is 0 Å². The van der Waals surface area contributed by atoms with Crippen LogP contribution in [-0.4, -0.2) is 63.9 Å². The van der Waals surface area contributed by atoms with E-state index in [0.29, 0.717) is 48.1 Å². The van der Waals surface area contributed by atoms with Gasteiger partial charge in [-0.25, -0.2) is 23.1 Å². The molecule has 0 amide bonds. The molecule has 0 unspecified atom stereocenters. The Morgan fingerprint density at radius 2 is 1.69 bits per heavy atom. The van der Waals surface area contributed by atoms with Crippen LogP contribution in [0.2, 0.25) is 0 Å². The average Bonchev–Trinajstić information content (AvgIpc) is 3.03. The molecule has 4 rings (SSSR count). The smallest absolute Gasteiger partial charge is 0.243 e. The highest BCUT2D eigenvalue weighted by atomic mass is 32.2. The Balaban J connectivity index is 1.54. The maximum Gasteiger partial charge on any atom is 0.243 e. The molecule has 9 nitrogen and oxygen atoms in total. The van der Waals surface area contributed by atoms with E-state index in [2.05, 4.69) is 20.3 Å². The number of hydrogen-bond donors (Lipinski definition) is 0. The summed E-state index contributed by atoms with van der Waals surface area (Å²) in [7, 11) is -1.70. The number of sulfonamides is 1. The monoisotopic (exact) mass is 373 g/mol. The van der Waals surface area contributed by atoms with E-state index in [0.717, 1.165) is 5.56 Å². The van der Waals surface area contributed by atoms with E-state index in [-0.39, 0.29) is 0 Å². The van der Waals surface area contributed by atoms with E-state index in [9.17, 15) is 8.42 Å². The number of fused-ring (bicyclic) bond motifs is 1. The van der Waals surface area contributed by atoms with Gasteiger partial charge in [0.15, 0.2) is 17.0 Å². The van der Waals surface area contributed by atoms with Gasteiger partial charge in [-0.3, -0.25) is 0 Å². The van der Waals surface area contributed by atoms with Crippen molar-refractivity contribution in [3.63, 3.8) is 0 Å². The second-order valence-electron chi connectivity index (χ2n) is 6.29. The molecule has 3 heterocycles. The lowest BCUT2D eigenvalue weighted by molar-refractivity contribution is 0.384. The zero-order chi connectivity index (χ0) is 18.3. The molecule has 0 spiro atoms. The number of nitrogens with zero attached hydrogens (tertiary/aromatic N) is 7. The van der Waals surface area contributed by atoms with E-state index < -0.39 is 10.0 Å². The normalized spacial score (nSPS) is 16.3. The van der Waals surface area contributed by atoms with E-state index in [1.54, 1.807) is 23.9 Å². The molecular weight excluding hydrogens is 354 g/mol. The van der Waals surface area contributed by atoms with Gasteiger partial charge in [0.1, 0.15) is 6.33 Å². The Labute approximate surface area is 151 Å². The molecule has 0 bridgehead atoms. The van der Waals surface area contributed by atoms with Crippen LogP contribution in [0.5, 0.6) is 0 Å². The molecule has 0 saturated carbocycles. The molecule has 0 N–H and O–H groups in total. The molecule has 1 saturated heterocycles. The fourth-order valence-electron chi connectivity index (χ4n) is 3.07. The van der Waals surface area contributed by atoms with Gasteiger partial charge in [0.25, 0.3) is 0 Å². The molecule has 3 aromatic rings. The van der Waals surface area contributed by atoms with Gasteiger partial charge < -0.3 is 4.90 Å². The zero-order valence-corrected chi connectivity index (χ0v) is 15.4. The molecule has 136 valence electrons. The minimum Gasteiger partial charge on any atom is -0.352 e. The standard InChI is InChI=1S/C16H19N7O2S/c1-12-3-5-13(6-4-12)26(24,25)23-9-7-22(8-10-23)16-14-15(17-11-18-16)21(2)20-19-14/h3-6,11H,7-10H2,1-2H3. The van der Waals surface area contributed by atoms with Crippen molar-refractivity contribution in [3.8, 4) is 0 Å². The summed E-state index contributed by atoms with van der Waals surface area (Å²) in [5.74, 6) is 0.690. The first kappa shape index (κ1) is 16.9. The molecule has 1 fully saturated rings. The summed E-state index contributed by atoms with van der Waals surface area (Å²) in [4.78, 5) is 10.9. The van der Waals surface area contributed by atoms with Crippen molar-refractivity contribution in [1.82, 2.24) is 29.3 Å². The zero-order valence-electron chi connectivity index (χ0n) is 14.6. The molecule has 26 heavy (non-hydrogen) atoms. The van der Waals surface area contributed by atoms with Crippen molar-refractivity contribution in [2.45, 2.75) is 11.8 Å². The first-order valence-corrected chi connectivity index (χ1v) is 9.73. The van der Waals surface area contributed by atoms with Gasteiger partial charge >= 0.3 is 0 Å². The molecule has 1 aromatic carbocycles. The SMILES string of the molecule is Cc1ccc(S(=O)(=O)N2CCN(c3ncnc4c3nnn4C)CC2)cc1. The lowest BCUT2D eigenvalue weighted by Crippen LogP contribution is -2.49. The first-order chi connectivity index (χ1) is 12.5. The number of piperazine rings is 1. The summed E-state index contributed by atoms with van der Waals surface area (Å²) < 4.78 is 28.7. The summed E-state index contributed by atoms with van der Waals surface area (Å²) in [5, 5.41) is 8.11. The van der Waals surface area contributed by atoms with Gasteiger partial charge in [-0.1, -0.05) is 22.9 Å². The molecular formula is C16H19N7O2S. The summed E-state index contributed by atoms with van der Waals surface area (Å²) in [6.07, 6.45) is 1.48. The van der Waals surface area contributed by atoms with Crippen LogP contribution in [0, 0.1) is 6.92 Å². The van der Waals surface area contributed by atoms with Crippen molar-refractivity contribution in [2.75, 3.05) is 31.1 Å². The molecule has 0 atom stereocenters. The minimum atomic E-state index is -3.48. The number of rotatable bonds is 3. The molecule has 0 aliphatic carbocycles. The highest BCUT2D eigenvalue weighted by molar-refractivity contribution is 7.89. The van der Waals surface area contributed by atoms with Gasteiger partial charge in [-0.15, -0.1) is 5.10 Å². The van der Waals surface area contributed by atoms with Gasteiger partial charge in [0.05, 0.1) is 4.90 Å². The van der Waals surface area contributed by atoms with Crippen LogP contribution in [0.3, 0.4) is 0 Å². The van der Waals surface area contributed by atoms with Gasteiger partial charge in [-0.05, 0) is 19.1 Å². The Bertz CT molecular complexity index is 1040. The average molecular weight is 373 g/mol. The van der Waals surface area contributed by atoms with Crippen LogP contribution in [0.1, 0.15) is 5.56 Å². The lowest BCUT2D eigenvalue weighted by atomic mass is 10.2. The summed E-state index contributed by atoms with van der Waals surface area (Å²) >= 11 is 0. The van der Waals surface area contributed by atoms with E-state index in [1.807, 2.05) is 24.0 Å². The fraction of sp³-hybridized carbons (Fsp3) is 0.375. The largest absolute Gasteiger partial charge is 0.352 e. The third kappa shape index (κ3) is 2.80. The lowest BCUT2D eigenvalue weighted by Gasteiger charge is -2.34. The number of hydrogen-bond acceptors (Lipinski definition) is 7. The molecule has 2 aromatic heterocycles. The Hall–Kier alpha value is -2.59. The van der Waals surface area contributed by atoms with Crippen molar-refractivity contribution in [2.24, 2.45) is 7.05 Å². The number of aromatic nitrogens is 5. The van der Waals surface area contributed by atoms with Gasteiger partial charge in [0.2, 0.25) is 10.0 Å². The Morgan fingerprint density at radius 3 is 2.38 bits per heavy atom. The second kappa shape index (κ2) is 6.29. The summed E-state index contributed by atoms with van der Waals surface area (Å²) in [6, 6.07) is 6.94. The molecule has 1 aliphatic heterocycles. The predicted molar refractivity (Wildman–Crippen MR) is 96.2 cm³/mol. The summed E-state index contributed by atoms with van der Waals surface area (Å²) in [6.45, 7) is 3.79. The van der Waals surface area contributed by atoms with Crippen molar-refractivity contribution < 1.29 is 8.42 Å². The maximum atomic E-state index is 12.8. The minimum absolute atomic E-state index is 0.329. The fourth-order valence-corrected chi connectivity index (χ4v) is 4.49. The van der Waals surface area contributed by atoms with Crippen LogP contribution < -0.4 is 4.90 Å². The predicted octanol–water partition coefficient (Wildman–Crippen LogP) is 0.578. The highest BCUT2D eigenvalue weighted by Gasteiger charge is 2.29. The van der Waals surface area contributed by atoms with Gasteiger partial charge in [-0.2, -0.15) is 4.31 Å². The molecule has 1 aliphatic rings. The molecule has 10 heteroatoms. The third-order valence-corrected chi connectivity index (χ3v) is 6.48. The van der Waals surface area contributed by atoms with Crippen molar-refractivity contribution in [1.29, 1.82) is 0 Å². The highest BCUT2D eigenvalue weighted by Crippen LogP contribution is 2.23. The number of aryl methyl sites for hydroxylation is 2. The van der Waals surface area contributed by atoms with Crippen LogP contribution in [0.25, 0.3) is 11.2 Å². The van der Waals surface area contributed by atoms with E-state index in [4.69, 9.17) is 0 Å². The first-order valence-electron chi connectivity index (χ1n) is 8.29. The Morgan fingerprint density at radius 1 is 1.00 bits per heavy atom. The second-order valence-corrected chi connectivity index (χ2v) is 8.22.